The topological polar surface area (TPSA) is 67.2 Å². The smallest absolute Gasteiger partial charge is 0.207 e. The van der Waals surface area contributed by atoms with E-state index < -0.39 is 0 Å². The van der Waals surface area contributed by atoms with Crippen molar-refractivity contribution < 1.29 is 4.79 Å². The van der Waals surface area contributed by atoms with E-state index in [1.807, 2.05) is 13.0 Å². The molecule has 0 aromatic heterocycles. The van der Waals surface area contributed by atoms with E-state index in [0.717, 1.165) is 18.7 Å². The Bertz CT molecular complexity index is 196. The van der Waals surface area contributed by atoms with Crippen LogP contribution in [-0.2, 0) is 4.79 Å². The van der Waals surface area contributed by atoms with Crippen LogP contribution in [0.15, 0.2) is 11.8 Å². The van der Waals surface area contributed by atoms with Crippen molar-refractivity contribution >= 4 is 6.41 Å². The zero-order chi connectivity index (χ0) is 11.0. The van der Waals surface area contributed by atoms with Crippen molar-refractivity contribution in [2.75, 3.05) is 13.1 Å². The van der Waals surface area contributed by atoms with Crippen LogP contribution in [0.4, 0.5) is 0 Å². The second-order valence-electron chi connectivity index (χ2n) is 4.03. The minimum Gasteiger partial charge on any atom is -0.403 e. The molecule has 1 amide bonds. The molecule has 82 valence electrons. The highest BCUT2D eigenvalue weighted by Gasteiger charge is 2.14. The van der Waals surface area contributed by atoms with Crippen molar-refractivity contribution in [3.63, 3.8) is 0 Å². The van der Waals surface area contributed by atoms with Crippen LogP contribution in [0.2, 0.25) is 0 Å². The predicted octanol–water partition coefficient (Wildman–Crippen LogP) is 0.353. The molecular formula is C10H21N3O. The average Bonchev–Trinajstić information content (AvgIpc) is 2.10. The molecule has 0 bridgehead atoms. The monoisotopic (exact) mass is 199 g/mol. The molecule has 0 aliphatic carbocycles. The number of rotatable bonds is 7. The zero-order valence-electron chi connectivity index (χ0n) is 9.26. The van der Waals surface area contributed by atoms with E-state index >= 15 is 0 Å². The average molecular weight is 199 g/mol. The largest absolute Gasteiger partial charge is 0.403 e. The summed E-state index contributed by atoms with van der Waals surface area (Å²) in [7, 11) is 0. The lowest BCUT2D eigenvalue weighted by Gasteiger charge is -2.25. The van der Waals surface area contributed by atoms with E-state index in [1.54, 1.807) is 0 Å². The van der Waals surface area contributed by atoms with Gasteiger partial charge in [-0.2, -0.15) is 0 Å². The van der Waals surface area contributed by atoms with Crippen LogP contribution in [0.1, 0.15) is 27.2 Å². The van der Waals surface area contributed by atoms with Crippen molar-refractivity contribution in [2.45, 2.75) is 32.7 Å². The predicted molar refractivity (Wildman–Crippen MR) is 58.7 cm³/mol. The van der Waals surface area contributed by atoms with Gasteiger partial charge >= 0.3 is 0 Å². The number of nitrogens with one attached hydrogen (secondary N) is 2. The summed E-state index contributed by atoms with van der Waals surface area (Å²) in [5, 5.41) is 5.93. The first-order chi connectivity index (χ1) is 6.48. The van der Waals surface area contributed by atoms with Crippen molar-refractivity contribution in [3.05, 3.63) is 11.8 Å². The Morgan fingerprint density at radius 2 is 2.07 bits per heavy atom. The Morgan fingerprint density at radius 1 is 1.43 bits per heavy atom. The molecule has 0 aromatic rings. The van der Waals surface area contributed by atoms with E-state index in [9.17, 15) is 4.79 Å². The van der Waals surface area contributed by atoms with Gasteiger partial charge in [0.25, 0.3) is 0 Å². The standard InChI is InChI=1S/C10H21N3O/c1-9(11)4-5-10(2,3)13-7-6-12-8-14/h4,8,13H,5-7,11H2,1-3H3,(H,12,14)/b9-4-. The van der Waals surface area contributed by atoms with E-state index in [2.05, 4.69) is 24.5 Å². The first-order valence-electron chi connectivity index (χ1n) is 4.82. The maximum absolute atomic E-state index is 9.98. The maximum Gasteiger partial charge on any atom is 0.207 e. The van der Waals surface area contributed by atoms with Crippen molar-refractivity contribution in [2.24, 2.45) is 5.73 Å². The molecule has 0 unspecified atom stereocenters. The normalized spacial score (nSPS) is 12.6. The highest BCUT2D eigenvalue weighted by Crippen LogP contribution is 2.08. The number of allylic oxidation sites excluding steroid dienone is 1. The first-order valence-corrected chi connectivity index (χ1v) is 4.82. The SMILES string of the molecule is C/C(N)=C/CC(C)(C)NCCNC=O. The van der Waals surface area contributed by atoms with Gasteiger partial charge in [-0.3, -0.25) is 4.79 Å². The molecule has 0 heterocycles. The Kier molecular flexibility index (Phi) is 5.95. The van der Waals surface area contributed by atoms with E-state index in [-0.39, 0.29) is 5.54 Å². The van der Waals surface area contributed by atoms with E-state index in [4.69, 9.17) is 5.73 Å². The number of hydrogen-bond acceptors (Lipinski definition) is 3. The molecule has 0 aromatic carbocycles. The van der Waals surface area contributed by atoms with Gasteiger partial charge in [0.1, 0.15) is 0 Å². The van der Waals surface area contributed by atoms with Gasteiger partial charge in [0.05, 0.1) is 0 Å². The highest BCUT2D eigenvalue weighted by atomic mass is 16.1. The number of hydrogen-bond donors (Lipinski definition) is 3. The highest BCUT2D eigenvalue weighted by molar-refractivity contribution is 5.45. The van der Waals surface area contributed by atoms with Crippen LogP contribution in [-0.4, -0.2) is 25.0 Å². The summed E-state index contributed by atoms with van der Waals surface area (Å²) in [5.74, 6) is 0. The first kappa shape index (κ1) is 13.0. The second kappa shape index (κ2) is 6.43. The summed E-state index contributed by atoms with van der Waals surface area (Å²) in [6.07, 6.45) is 3.59. The van der Waals surface area contributed by atoms with Crippen LogP contribution < -0.4 is 16.4 Å². The molecule has 0 saturated heterocycles. The number of carbonyl (C=O) groups is 1. The van der Waals surface area contributed by atoms with Gasteiger partial charge in [-0.05, 0) is 27.2 Å². The molecule has 0 spiro atoms. The fraction of sp³-hybridized carbons (Fsp3) is 0.700. The van der Waals surface area contributed by atoms with Gasteiger partial charge in [-0.25, -0.2) is 0 Å². The molecule has 4 N–H and O–H groups in total. The van der Waals surface area contributed by atoms with Crippen molar-refractivity contribution in [3.8, 4) is 0 Å². The maximum atomic E-state index is 9.98. The van der Waals surface area contributed by atoms with Crippen molar-refractivity contribution in [1.82, 2.24) is 10.6 Å². The Morgan fingerprint density at radius 3 is 2.57 bits per heavy atom. The quantitative estimate of drug-likeness (QED) is 0.409. The lowest BCUT2D eigenvalue weighted by atomic mass is 10.00. The van der Waals surface area contributed by atoms with E-state index in [0.29, 0.717) is 13.0 Å². The minimum atomic E-state index is 0.0190. The molecule has 0 aliphatic heterocycles. The lowest BCUT2D eigenvalue weighted by molar-refractivity contribution is -0.109. The number of amides is 1. The Balaban J connectivity index is 3.71. The second-order valence-corrected chi connectivity index (χ2v) is 4.03. The van der Waals surface area contributed by atoms with E-state index in [1.165, 1.54) is 0 Å². The molecular weight excluding hydrogens is 178 g/mol. The number of nitrogens with two attached hydrogens (primary N) is 1. The summed E-state index contributed by atoms with van der Waals surface area (Å²) in [5.41, 5.74) is 6.41. The molecule has 0 aliphatic rings. The molecule has 0 rings (SSSR count). The Hall–Kier alpha value is -1.03. The van der Waals surface area contributed by atoms with Crippen LogP contribution >= 0.6 is 0 Å². The Labute approximate surface area is 85.9 Å². The molecule has 0 fully saturated rings. The van der Waals surface area contributed by atoms with Gasteiger partial charge in [0, 0.05) is 24.3 Å². The van der Waals surface area contributed by atoms with Gasteiger partial charge in [0.2, 0.25) is 6.41 Å². The molecule has 0 saturated carbocycles. The molecule has 4 heteroatoms. The van der Waals surface area contributed by atoms with Gasteiger partial charge in [-0.1, -0.05) is 6.08 Å². The third kappa shape index (κ3) is 7.61. The summed E-state index contributed by atoms with van der Waals surface area (Å²) < 4.78 is 0. The van der Waals surface area contributed by atoms with Gasteiger partial charge in [-0.15, -0.1) is 0 Å². The van der Waals surface area contributed by atoms with Gasteiger partial charge < -0.3 is 16.4 Å². The van der Waals surface area contributed by atoms with Crippen LogP contribution in [0.5, 0.6) is 0 Å². The van der Waals surface area contributed by atoms with Crippen LogP contribution in [0, 0.1) is 0 Å². The number of carbonyl (C=O) groups excluding carboxylic acids is 1. The zero-order valence-corrected chi connectivity index (χ0v) is 9.26. The fourth-order valence-electron chi connectivity index (χ4n) is 1.02. The third-order valence-electron chi connectivity index (χ3n) is 1.89. The molecule has 14 heavy (non-hydrogen) atoms. The molecule has 0 atom stereocenters. The van der Waals surface area contributed by atoms with Crippen LogP contribution in [0.3, 0.4) is 0 Å². The lowest BCUT2D eigenvalue weighted by Crippen LogP contribution is -2.42. The minimum absolute atomic E-state index is 0.0190. The molecule has 4 nitrogen and oxygen atoms in total. The van der Waals surface area contributed by atoms with Gasteiger partial charge in [0.15, 0.2) is 0 Å². The summed E-state index contributed by atoms with van der Waals surface area (Å²) in [6.45, 7) is 7.51. The summed E-state index contributed by atoms with van der Waals surface area (Å²) in [4.78, 5) is 9.98. The fourth-order valence-corrected chi connectivity index (χ4v) is 1.02. The summed E-state index contributed by atoms with van der Waals surface area (Å²) >= 11 is 0. The van der Waals surface area contributed by atoms with Crippen LogP contribution in [0.25, 0.3) is 0 Å². The van der Waals surface area contributed by atoms with Crippen molar-refractivity contribution in [1.29, 1.82) is 0 Å². The molecule has 0 radical (unpaired) electrons. The third-order valence-corrected chi connectivity index (χ3v) is 1.89. The summed E-state index contributed by atoms with van der Waals surface area (Å²) in [6, 6.07) is 0.